The third-order valence-corrected chi connectivity index (χ3v) is 4.25. The number of rotatable bonds is 5. The first kappa shape index (κ1) is 13.5. The topological polar surface area (TPSA) is 55.4 Å². The van der Waals surface area contributed by atoms with E-state index in [1.165, 1.54) is 17.4 Å². The zero-order chi connectivity index (χ0) is 13.2. The van der Waals surface area contributed by atoms with E-state index in [9.17, 15) is 8.42 Å². The van der Waals surface area contributed by atoms with Gasteiger partial charge in [0.2, 0.25) is 0 Å². The molecular weight excluding hydrogens is 250 g/mol. The maximum absolute atomic E-state index is 11.2. The maximum Gasteiger partial charge on any atom is 0.147 e. The Balaban J connectivity index is 2.12. The van der Waals surface area contributed by atoms with E-state index in [1.807, 2.05) is 7.05 Å². The molecule has 1 aliphatic rings. The molecule has 1 N–H and O–H groups in total. The van der Waals surface area contributed by atoms with E-state index in [-0.39, 0.29) is 11.8 Å². The minimum absolute atomic E-state index is 0.0747. The van der Waals surface area contributed by atoms with Crippen LogP contribution in [-0.2, 0) is 27.8 Å². The van der Waals surface area contributed by atoms with Gasteiger partial charge in [0.05, 0.1) is 19.0 Å². The molecule has 1 atom stereocenters. The highest BCUT2D eigenvalue weighted by atomic mass is 32.2. The summed E-state index contributed by atoms with van der Waals surface area (Å²) in [6.45, 7) is 1.34. The Morgan fingerprint density at radius 3 is 2.72 bits per heavy atom. The Hall–Kier alpha value is -0.910. The van der Waals surface area contributed by atoms with Crippen molar-refractivity contribution in [2.45, 2.75) is 25.7 Å². The third kappa shape index (κ3) is 3.31. The van der Waals surface area contributed by atoms with E-state index in [1.54, 1.807) is 0 Å². The van der Waals surface area contributed by atoms with Crippen LogP contribution < -0.4 is 5.32 Å². The molecule has 0 bridgehead atoms. The molecule has 0 amide bonds. The number of benzene rings is 1. The van der Waals surface area contributed by atoms with E-state index < -0.39 is 9.84 Å². The fourth-order valence-corrected chi connectivity index (χ4v) is 2.88. The van der Waals surface area contributed by atoms with Gasteiger partial charge in [-0.2, -0.15) is 0 Å². The van der Waals surface area contributed by atoms with Crippen LogP contribution in [0.2, 0.25) is 0 Å². The van der Waals surface area contributed by atoms with E-state index >= 15 is 0 Å². The lowest BCUT2D eigenvalue weighted by Gasteiger charge is -2.17. The Labute approximate surface area is 108 Å². The van der Waals surface area contributed by atoms with Gasteiger partial charge in [0.1, 0.15) is 9.84 Å². The van der Waals surface area contributed by atoms with Gasteiger partial charge in [-0.1, -0.05) is 18.2 Å². The second-order valence-electron chi connectivity index (χ2n) is 4.78. The first-order valence-corrected chi connectivity index (χ1v) is 8.10. The first-order chi connectivity index (χ1) is 8.49. The molecule has 0 aromatic heterocycles. The van der Waals surface area contributed by atoms with Crippen molar-refractivity contribution in [2.24, 2.45) is 0 Å². The number of fused-ring (bicyclic) bond motifs is 1. The summed E-state index contributed by atoms with van der Waals surface area (Å²) in [5, 5.41) is 3.18. The van der Waals surface area contributed by atoms with Gasteiger partial charge in [-0.15, -0.1) is 0 Å². The molecule has 1 aromatic rings. The number of hydrogen-bond donors (Lipinski definition) is 1. The van der Waals surface area contributed by atoms with Crippen molar-refractivity contribution in [1.29, 1.82) is 0 Å². The van der Waals surface area contributed by atoms with Crippen LogP contribution in [0.25, 0.3) is 0 Å². The van der Waals surface area contributed by atoms with E-state index in [0.29, 0.717) is 19.6 Å². The second-order valence-corrected chi connectivity index (χ2v) is 7.04. The van der Waals surface area contributed by atoms with Crippen molar-refractivity contribution in [3.63, 3.8) is 0 Å². The van der Waals surface area contributed by atoms with Gasteiger partial charge in [0, 0.05) is 12.3 Å². The molecule has 1 aliphatic heterocycles. The summed E-state index contributed by atoms with van der Waals surface area (Å²) in [4.78, 5) is 0. The summed E-state index contributed by atoms with van der Waals surface area (Å²) in [7, 11) is -1.06. The standard InChI is InChI=1S/C13H19NO3S/c1-14-13(5-6-18(2,15)16)10-3-4-11-8-17-9-12(11)7-10/h3-4,7,13-14H,5-6,8-9H2,1-2H3. The maximum atomic E-state index is 11.2. The average Bonchev–Trinajstić information content (AvgIpc) is 2.75. The lowest BCUT2D eigenvalue weighted by atomic mass is 10.00. The van der Waals surface area contributed by atoms with Crippen molar-refractivity contribution in [1.82, 2.24) is 5.32 Å². The molecule has 0 saturated carbocycles. The molecule has 5 heteroatoms. The van der Waals surface area contributed by atoms with Crippen LogP contribution in [-0.4, -0.2) is 27.5 Å². The van der Waals surface area contributed by atoms with Crippen LogP contribution in [0.5, 0.6) is 0 Å². The summed E-state index contributed by atoms with van der Waals surface area (Å²) in [5.41, 5.74) is 3.58. The normalized spacial score (nSPS) is 16.6. The van der Waals surface area contributed by atoms with E-state index in [2.05, 4.69) is 23.5 Å². The molecule has 0 fully saturated rings. The molecule has 18 heavy (non-hydrogen) atoms. The smallest absolute Gasteiger partial charge is 0.147 e. The quantitative estimate of drug-likeness (QED) is 0.878. The predicted molar refractivity (Wildman–Crippen MR) is 71.1 cm³/mol. The van der Waals surface area contributed by atoms with Gasteiger partial charge in [0.15, 0.2) is 0 Å². The minimum Gasteiger partial charge on any atom is -0.372 e. The minimum atomic E-state index is -2.91. The summed E-state index contributed by atoms with van der Waals surface area (Å²) in [6.07, 6.45) is 1.87. The predicted octanol–water partition coefficient (Wildman–Crippen LogP) is 1.41. The SMILES string of the molecule is CNC(CCS(C)(=O)=O)c1ccc2c(c1)COC2. The third-order valence-electron chi connectivity index (χ3n) is 3.27. The van der Waals surface area contributed by atoms with Crippen LogP contribution >= 0.6 is 0 Å². The number of sulfone groups is 1. The fourth-order valence-electron chi connectivity index (χ4n) is 2.22. The Kier molecular flexibility index (Phi) is 4.04. The monoisotopic (exact) mass is 269 g/mol. The Bertz CT molecular complexity index is 525. The van der Waals surface area contributed by atoms with E-state index in [4.69, 9.17) is 4.74 Å². The van der Waals surface area contributed by atoms with Gasteiger partial charge in [-0.05, 0) is 30.2 Å². The second kappa shape index (κ2) is 5.38. The van der Waals surface area contributed by atoms with Crippen molar-refractivity contribution in [3.8, 4) is 0 Å². The van der Waals surface area contributed by atoms with E-state index in [0.717, 1.165) is 5.56 Å². The van der Waals surface area contributed by atoms with Crippen molar-refractivity contribution < 1.29 is 13.2 Å². The number of hydrogen-bond acceptors (Lipinski definition) is 4. The van der Waals surface area contributed by atoms with Crippen LogP contribution in [0, 0.1) is 0 Å². The Morgan fingerprint density at radius 1 is 1.33 bits per heavy atom. The van der Waals surface area contributed by atoms with Crippen molar-refractivity contribution in [2.75, 3.05) is 19.1 Å². The van der Waals surface area contributed by atoms with Gasteiger partial charge in [-0.3, -0.25) is 0 Å². The molecule has 0 saturated heterocycles. The lowest BCUT2D eigenvalue weighted by molar-refractivity contribution is 0.134. The van der Waals surface area contributed by atoms with Crippen molar-refractivity contribution >= 4 is 9.84 Å². The first-order valence-electron chi connectivity index (χ1n) is 6.04. The highest BCUT2D eigenvalue weighted by molar-refractivity contribution is 7.90. The molecule has 1 aromatic carbocycles. The zero-order valence-corrected chi connectivity index (χ0v) is 11.6. The van der Waals surface area contributed by atoms with Gasteiger partial charge in [0.25, 0.3) is 0 Å². The van der Waals surface area contributed by atoms with Gasteiger partial charge >= 0.3 is 0 Å². The van der Waals surface area contributed by atoms with Crippen LogP contribution in [0.1, 0.15) is 29.2 Å². The summed E-state index contributed by atoms with van der Waals surface area (Å²) in [5.74, 6) is 0.200. The molecule has 0 aliphatic carbocycles. The molecule has 100 valence electrons. The summed E-state index contributed by atoms with van der Waals surface area (Å²) in [6, 6.07) is 6.32. The Morgan fingerprint density at radius 2 is 2.06 bits per heavy atom. The summed E-state index contributed by atoms with van der Waals surface area (Å²) >= 11 is 0. The molecular formula is C13H19NO3S. The number of ether oxygens (including phenoxy) is 1. The largest absolute Gasteiger partial charge is 0.372 e. The van der Waals surface area contributed by atoms with Gasteiger partial charge < -0.3 is 10.1 Å². The molecule has 4 nitrogen and oxygen atoms in total. The van der Waals surface area contributed by atoms with Crippen LogP contribution in [0.4, 0.5) is 0 Å². The van der Waals surface area contributed by atoms with Gasteiger partial charge in [-0.25, -0.2) is 8.42 Å². The highest BCUT2D eigenvalue weighted by Gasteiger charge is 2.16. The highest BCUT2D eigenvalue weighted by Crippen LogP contribution is 2.25. The van der Waals surface area contributed by atoms with Crippen molar-refractivity contribution in [3.05, 3.63) is 34.9 Å². The van der Waals surface area contributed by atoms with Crippen LogP contribution in [0.3, 0.4) is 0 Å². The molecule has 0 radical (unpaired) electrons. The molecule has 2 rings (SSSR count). The fraction of sp³-hybridized carbons (Fsp3) is 0.538. The average molecular weight is 269 g/mol. The number of nitrogens with one attached hydrogen (secondary N) is 1. The molecule has 1 unspecified atom stereocenters. The van der Waals surface area contributed by atoms with Crippen LogP contribution in [0.15, 0.2) is 18.2 Å². The lowest BCUT2D eigenvalue weighted by Crippen LogP contribution is -2.20. The molecule has 0 spiro atoms. The molecule has 1 heterocycles. The summed E-state index contributed by atoms with van der Waals surface area (Å²) < 4.78 is 27.8. The zero-order valence-electron chi connectivity index (χ0n) is 10.8.